The number of rotatable bonds is 4. The Labute approximate surface area is 134 Å². The Morgan fingerprint density at radius 2 is 2.22 bits per heavy atom. The first kappa shape index (κ1) is 14.1. The summed E-state index contributed by atoms with van der Waals surface area (Å²) in [5.41, 5.74) is 3.79. The number of amides is 1. The predicted octanol–water partition coefficient (Wildman–Crippen LogP) is 3.51. The number of furan rings is 1. The highest BCUT2D eigenvalue weighted by Gasteiger charge is 2.25. The lowest BCUT2D eigenvalue weighted by molar-refractivity contribution is 0.0923. The van der Waals surface area contributed by atoms with E-state index >= 15 is 0 Å². The minimum atomic E-state index is -0.181. The van der Waals surface area contributed by atoms with Crippen LogP contribution in [0.1, 0.15) is 46.3 Å². The number of nitrogens with zero attached hydrogens (tertiary/aromatic N) is 2. The Bertz CT molecular complexity index is 887. The summed E-state index contributed by atoms with van der Waals surface area (Å²) >= 11 is 0. The van der Waals surface area contributed by atoms with Gasteiger partial charge in [-0.2, -0.15) is 0 Å². The number of fused-ring (bicyclic) bond motifs is 1. The van der Waals surface area contributed by atoms with Gasteiger partial charge in [-0.1, -0.05) is 12.1 Å². The summed E-state index contributed by atoms with van der Waals surface area (Å²) in [6.45, 7) is 4.39. The van der Waals surface area contributed by atoms with Crippen molar-refractivity contribution in [2.75, 3.05) is 0 Å². The molecule has 118 valence electrons. The molecular formula is C18H19N3O2. The molecule has 3 aromatic rings. The van der Waals surface area contributed by atoms with E-state index in [0.717, 1.165) is 27.8 Å². The van der Waals surface area contributed by atoms with Crippen LogP contribution in [0.15, 0.2) is 35.1 Å². The van der Waals surface area contributed by atoms with Gasteiger partial charge in [0, 0.05) is 23.2 Å². The van der Waals surface area contributed by atoms with Crippen LogP contribution in [0.25, 0.3) is 11.0 Å². The number of hydrogen-bond acceptors (Lipinski definition) is 3. The number of imidazole rings is 1. The minimum absolute atomic E-state index is 0.181. The van der Waals surface area contributed by atoms with Gasteiger partial charge in [-0.25, -0.2) is 4.98 Å². The zero-order chi connectivity index (χ0) is 16.0. The molecule has 1 aliphatic rings. The summed E-state index contributed by atoms with van der Waals surface area (Å²) in [5.74, 6) is 0.211. The van der Waals surface area contributed by atoms with E-state index in [9.17, 15) is 4.79 Å². The largest absolute Gasteiger partial charge is 0.451 e. The normalized spacial score (nSPS) is 14.3. The van der Waals surface area contributed by atoms with Gasteiger partial charge < -0.3 is 14.3 Å². The smallest absolute Gasteiger partial charge is 0.287 e. The quantitative estimate of drug-likeness (QED) is 0.802. The third kappa shape index (κ3) is 2.52. The van der Waals surface area contributed by atoms with E-state index in [2.05, 4.69) is 14.9 Å². The number of carbonyl (C=O) groups excluding carboxylic acids is 1. The van der Waals surface area contributed by atoms with Crippen LogP contribution in [0, 0.1) is 13.8 Å². The van der Waals surface area contributed by atoms with Crippen molar-refractivity contribution in [3.63, 3.8) is 0 Å². The number of aromatic nitrogens is 2. The highest BCUT2D eigenvalue weighted by atomic mass is 16.3. The maximum Gasteiger partial charge on any atom is 0.287 e. The van der Waals surface area contributed by atoms with Crippen molar-refractivity contribution in [1.82, 2.24) is 14.9 Å². The Balaban J connectivity index is 1.55. The fraction of sp³-hybridized carbons (Fsp3) is 0.333. The molecule has 1 saturated carbocycles. The van der Waals surface area contributed by atoms with Gasteiger partial charge in [0.2, 0.25) is 0 Å². The van der Waals surface area contributed by atoms with E-state index in [1.54, 1.807) is 0 Å². The SMILES string of the molecule is Cc1ccc2c(C)c(C(=O)NCc3cncn3C3CC3)oc2c1. The molecule has 1 fully saturated rings. The van der Waals surface area contributed by atoms with Crippen molar-refractivity contribution in [2.45, 2.75) is 39.3 Å². The summed E-state index contributed by atoms with van der Waals surface area (Å²) in [6.07, 6.45) is 6.04. The molecule has 4 rings (SSSR count). The van der Waals surface area contributed by atoms with E-state index in [4.69, 9.17) is 4.42 Å². The molecule has 1 amide bonds. The molecule has 0 bridgehead atoms. The maximum absolute atomic E-state index is 12.5. The molecule has 1 aliphatic carbocycles. The summed E-state index contributed by atoms with van der Waals surface area (Å²) in [4.78, 5) is 16.7. The summed E-state index contributed by atoms with van der Waals surface area (Å²) in [5, 5.41) is 3.94. The maximum atomic E-state index is 12.5. The van der Waals surface area contributed by atoms with Crippen LogP contribution in [-0.2, 0) is 6.54 Å². The van der Waals surface area contributed by atoms with E-state index in [1.807, 2.05) is 44.6 Å². The van der Waals surface area contributed by atoms with E-state index in [0.29, 0.717) is 18.3 Å². The molecule has 1 aromatic carbocycles. The molecule has 0 saturated heterocycles. The van der Waals surface area contributed by atoms with Crippen molar-refractivity contribution in [2.24, 2.45) is 0 Å². The van der Waals surface area contributed by atoms with Gasteiger partial charge >= 0.3 is 0 Å². The fourth-order valence-electron chi connectivity index (χ4n) is 2.95. The molecule has 1 N–H and O–H groups in total. The molecule has 0 spiro atoms. The molecule has 2 aromatic heterocycles. The second kappa shape index (κ2) is 5.26. The third-order valence-electron chi connectivity index (χ3n) is 4.42. The van der Waals surface area contributed by atoms with Crippen LogP contribution in [0.5, 0.6) is 0 Å². The van der Waals surface area contributed by atoms with E-state index in [1.165, 1.54) is 12.8 Å². The molecular weight excluding hydrogens is 290 g/mol. The van der Waals surface area contributed by atoms with Crippen molar-refractivity contribution in [1.29, 1.82) is 0 Å². The van der Waals surface area contributed by atoms with Crippen molar-refractivity contribution in [3.05, 3.63) is 53.3 Å². The highest BCUT2D eigenvalue weighted by Crippen LogP contribution is 2.35. The lowest BCUT2D eigenvalue weighted by Gasteiger charge is -2.07. The van der Waals surface area contributed by atoms with Crippen molar-refractivity contribution < 1.29 is 9.21 Å². The lowest BCUT2D eigenvalue weighted by Crippen LogP contribution is -2.24. The van der Waals surface area contributed by atoms with E-state index < -0.39 is 0 Å². The Hall–Kier alpha value is -2.56. The summed E-state index contributed by atoms with van der Waals surface area (Å²) < 4.78 is 7.91. The van der Waals surface area contributed by atoms with Crippen LogP contribution < -0.4 is 5.32 Å². The first-order valence-electron chi connectivity index (χ1n) is 7.92. The number of hydrogen-bond donors (Lipinski definition) is 1. The molecule has 5 nitrogen and oxygen atoms in total. The highest BCUT2D eigenvalue weighted by molar-refractivity contribution is 5.98. The standard InChI is InChI=1S/C18H19N3O2/c1-11-3-6-15-12(2)17(23-16(15)7-11)18(22)20-9-14-8-19-10-21(14)13-4-5-13/h3,6-8,10,13H,4-5,9H2,1-2H3,(H,20,22). The van der Waals surface area contributed by atoms with Crippen LogP contribution in [0.2, 0.25) is 0 Å². The zero-order valence-corrected chi connectivity index (χ0v) is 13.3. The monoisotopic (exact) mass is 309 g/mol. The number of benzene rings is 1. The van der Waals surface area contributed by atoms with Gasteiger partial charge in [-0.05, 0) is 38.3 Å². The average molecular weight is 309 g/mol. The molecule has 5 heteroatoms. The number of carbonyl (C=O) groups is 1. The number of nitrogens with one attached hydrogen (secondary N) is 1. The van der Waals surface area contributed by atoms with Gasteiger partial charge in [0.05, 0.1) is 18.6 Å². The first-order chi connectivity index (χ1) is 11.1. The first-order valence-corrected chi connectivity index (χ1v) is 7.92. The summed E-state index contributed by atoms with van der Waals surface area (Å²) in [7, 11) is 0. The molecule has 0 atom stereocenters. The van der Waals surface area contributed by atoms with Gasteiger partial charge in [-0.15, -0.1) is 0 Å². The Morgan fingerprint density at radius 1 is 1.39 bits per heavy atom. The lowest BCUT2D eigenvalue weighted by atomic mass is 10.1. The zero-order valence-electron chi connectivity index (χ0n) is 13.3. The third-order valence-corrected chi connectivity index (χ3v) is 4.42. The second-order valence-electron chi connectivity index (χ2n) is 6.26. The number of aryl methyl sites for hydroxylation is 2. The van der Waals surface area contributed by atoms with Crippen LogP contribution >= 0.6 is 0 Å². The minimum Gasteiger partial charge on any atom is -0.451 e. The van der Waals surface area contributed by atoms with Crippen LogP contribution in [-0.4, -0.2) is 15.5 Å². The summed E-state index contributed by atoms with van der Waals surface area (Å²) in [6, 6.07) is 6.55. The van der Waals surface area contributed by atoms with Gasteiger partial charge in [0.15, 0.2) is 5.76 Å². The van der Waals surface area contributed by atoms with Gasteiger partial charge in [0.25, 0.3) is 5.91 Å². The second-order valence-corrected chi connectivity index (χ2v) is 6.26. The van der Waals surface area contributed by atoms with Gasteiger partial charge in [0.1, 0.15) is 5.58 Å². The van der Waals surface area contributed by atoms with Crippen molar-refractivity contribution in [3.8, 4) is 0 Å². The molecule has 0 radical (unpaired) electrons. The van der Waals surface area contributed by atoms with Crippen LogP contribution in [0.3, 0.4) is 0 Å². The topological polar surface area (TPSA) is 60.1 Å². The molecule has 23 heavy (non-hydrogen) atoms. The molecule has 0 aliphatic heterocycles. The Morgan fingerprint density at radius 3 is 3.00 bits per heavy atom. The molecule has 0 unspecified atom stereocenters. The van der Waals surface area contributed by atoms with Crippen molar-refractivity contribution >= 4 is 16.9 Å². The van der Waals surface area contributed by atoms with E-state index in [-0.39, 0.29) is 5.91 Å². The average Bonchev–Trinajstić information content (AvgIpc) is 3.18. The van der Waals surface area contributed by atoms with Crippen LogP contribution in [0.4, 0.5) is 0 Å². The fourth-order valence-corrected chi connectivity index (χ4v) is 2.95. The Kier molecular flexibility index (Phi) is 3.22. The van der Waals surface area contributed by atoms with Gasteiger partial charge in [-0.3, -0.25) is 4.79 Å². The predicted molar refractivity (Wildman–Crippen MR) is 87.4 cm³/mol. The molecule has 2 heterocycles.